The Labute approximate surface area is 94.5 Å². The summed E-state index contributed by atoms with van der Waals surface area (Å²) in [6.07, 6.45) is 3.86. The third kappa shape index (κ3) is 2.14. The molecule has 1 N–H and O–H groups in total. The van der Waals surface area contributed by atoms with Crippen molar-refractivity contribution in [3.8, 4) is 0 Å². The largest absolute Gasteiger partial charge is 0.361 e. The summed E-state index contributed by atoms with van der Waals surface area (Å²) < 4.78 is 7.17. The van der Waals surface area contributed by atoms with Crippen LogP contribution in [0.5, 0.6) is 0 Å². The lowest BCUT2D eigenvalue weighted by molar-refractivity contribution is 0.392. The van der Waals surface area contributed by atoms with E-state index in [1.807, 2.05) is 38.0 Å². The van der Waals surface area contributed by atoms with Crippen molar-refractivity contribution in [1.29, 1.82) is 0 Å². The molecule has 0 saturated carbocycles. The molecule has 2 aromatic heterocycles. The molecule has 0 unspecified atom stereocenters. The molecule has 86 valence electrons. The normalized spacial score (nSPS) is 10.9. The predicted molar refractivity (Wildman–Crippen MR) is 60.1 cm³/mol. The van der Waals surface area contributed by atoms with Gasteiger partial charge >= 0.3 is 0 Å². The Balaban J connectivity index is 2.14. The fourth-order valence-electron chi connectivity index (χ4n) is 1.68. The van der Waals surface area contributed by atoms with Gasteiger partial charge < -0.3 is 14.4 Å². The molecule has 2 rings (SSSR count). The van der Waals surface area contributed by atoms with E-state index in [0.717, 1.165) is 35.8 Å². The van der Waals surface area contributed by atoms with E-state index >= 15 is 0 Å². The fourth-order valence-corrected chi connectivity index (χ4v) is 1.68. The Bertz CT molecular complexity index is 453. The first-order chi connectivity index (χ1) is 7.70. The molecule has 0 bridgehead atoms. The van der Waals surface area contributed by atoms with Gasteiger partial charge in [0.1, 0.15) is 5.76 Å². The number of rotatable bonds is 4. The summed E-state index contributed by atoms with van der Waals surface area (Å²) in [6, 6.07) is 0. The summed E-state index contributed by atoms with van der Waals surface area (Å²) >= 11 is 0. The molecule has 0 aliphatic rings. The molecular weight excluding hydrogens is 204 g/mol. The molecule has 0 radical (unpaired) electrons. The van der Waals surface area contributed by atoms with Crippen LogP contribution in [0.3, 0.4) is 0 Å². The van der Waals surface area contributed by atoms with Gasteiger partial charge in [0, 0.05) is 18.3 Å². The minimum absolute atomic E-state index is 0.762. The summed E-state index contributed by atoms with van der Waals surface area (Å²) in [5.74, 6) is 0.876. The first-order valence-corrected chi connectivity index (χ1v) is 5.27. The van der Waals surface area contributed by atoms with Crippen molar-refractivity contribution in [3.05, 3.63) is 35.2 Å². The number of nitrogens with one attached hydrogen (secondary N) is 1. The molecule has 16 heavy (non-hydrogen) atoms. The van der Waals surface area contributed by atoms with E-state index in [2.05, 4.69) is 15.5 Å². The van der Waals surface area contributed by atoms with Crippen molar-refractivity contribution >= 4 is 0 Å². The number of hydrogen-bond donors (Lipinski definition) is 1. The highest BCUT2D eigenvalue weighted by Gasteiger charge is 2.09. The molecule has 0 atom stereocenters. The monoisotopic (exact) mass is 220 g/mol. The van der Waals surface area contributed by atoms with Crippen molar-refractivity contribution in [2.24, 2.45) is 0 Å². The van der Waals surface area contributed by atoms with Crippen molar-refractivity contribution in [2.75, 3.05) is 7.05 Å². The van der Waals surface area contributed by atoms with Crippen LogP contribution in [0, 0.1) is 13.8 Å². The summed E-state index contributed by atoms with van der Waals surface area (Å²) in [5.41, 5.74) is 3.11. The molecule has 0 amide bonds. The molecule has 5 heteroatoms. The smallest absolute Gasteiger partial charge is 0.138 e. The van der Waals surface area contributed by atoms with Crippen LogP contribution in [0.1, 0.15) is 22.7 Å². The van der Waals surface area contributed by atoms with Crippen LogP contribution in [0.2, 0.25) is 0 Å². The zero-order valence-electron chi connectivity index (χ0n) is 9.82. The Kier molecular flexibility index (Phi) is 3.05. The standard InChI is InChI=1S/C11H16N4O/c1-8-11(9(2)16-14-8)6-15-5-10(4-12-3)13-7-15/h5,7,12H,4,6H2,1-3H3. The average Bonchev–Trinajstić information content (AvgIpc) is 2.81. The lowest BCUT2D eigenvalue weighted by atomic mass is 10.2. The minimum Gasteiger partial charge on any atom is -0.361 e. The van der Waals surface area contributed by atoms with Gasteiger partial charge in [-0.05, 0) is 20.9 Å². The molecule has 0 aliphatic heterocycles. The summed E-state index contributed by atoms with van der Waals surface area (Å²) in [4.78, 5) is 4.30. The van der Waals surface area contributed by atoms with Crippen LogP contribution in [0.25, 0.3) is 0 Å². The van der Waals surface area contributed by atoms with Gasteiger partial charge in [-0.2, -0.15) is 0 Å². The zero-order valence-corrected chi connectivity index (χ0v) is 9.82. The molecule has 2 aromatic rings. The maximum atomic E-state index is 5.13. The average molecular weight is 220 g/mol. The van der Waals surface area contributed by atoms with Gasteiger partial charge in [-0.25, -0.2) is 4.98 Å². The Hall–Kier alpha value is -1.62. The lowest BCUT2D eigenvalue weighted by Crippen LogP contribution is -2.05. The molecule has 0 aliphatic carbocycles. The topological polar surface area (TPSA) is 55.9 Å². The van der Waals surface area contributed by atoms with Gasteiger partial charge in [0.05, 0.1) is 24.3 Å². The first kappa shape index (κ1) is 10.9. The van der Waals surface area contributed by atoms with Crippen molar-refractivity contribution in [3.63, 3.8) is 0 Å². The Morgan fingerprint density at radius 3 is 2.88 bits per heavy atom. The van der Waals surface area contributed by atoms with Crippen molar-refractivity contribution in [2.45, 2.75) is 26.9 Å². The van der Waals surface area contributed by atoms with Gasteiger partial charge in [-0.3, -0.25) is 0 Å². The van der Waals surface area contributed by atoms with Gasteiger partial charge in [0.15, 0.2) is 0 Å². The molecule has 0 aromatic carbocycles. The van der Waals surface area contributed by atoms with E-state index in [4.69, 9.17) is 4.52 Å². The molecule has 0 saturated heterocycles. The van der Waals surface area contributed by atoms with Crippen molar-refractivity contribution < 1.29 is 4.52 Å². The van der Waals surface area contributed by atoms with E-state index in [1.54, 1.807) is 0 Å². The van der Waals surface area contributed by atoms with Crippen LogP contribution in [-0.2, 0) is 13.1 Å². The second kappa shape index (κ2) is 4.49. The van der Waals surface area contributed by atoms with Crippen LogP contribution in [-0.4, -0.2) is 21.8 Å². The third-order valence-electron chi connectivity index (χ3n) is 2.57. The Morgan fingerprint density at radius 1 is 1.44 bits per heavy atom. The zero-order chi connectivity index (χ0) is 11.5. The number of imidazole rings is 1. The first-order valence-electron chi connectivity index (χ1n) is 5.27. The van der Waals surface area contributed by atoms with Gasteiger partial charge in [-0.1, -0.05) is 5.16 Å². The van der Waals surface area contributed by atoms with E-state index in [9.17, 15) is 0 Å². The van der Waals surface area contributed by atoms with Crippen LogP contribution in [0.15, 0.2) is 17.0 Å². The van der Waals surface area contributed by atoms with E-state index < -0.39 is 0 Å². The summed E-state index contributed by atoms with van der Waals surface area (Å²) in [5, 5.41) is 7.01. The number of hydrogen-bond acceptors (Lipinski definition) is 4. The highest BCUT2D eigenvalue weighted by Crippen LogP contribution is 2.13. The predicted octanol–water partition coefficient (Wildman–Crippen LogP) is 1.26. The van der Waals surface area contributed by atoms with Gasteiger partial charge in [0.25, 0.3) is 0 Å². The quantitative estimate of drug-likeness (QED) is 0.842. The molecule has 2 heterocycles. The van der Waals surface area contributed by atoms with Crippen LogP contribution in [0.4, 0.5) is 0 Å². The second-order valence-electron chi connectivity index (χ2n) is 3.87. The summed E-state index contributed by atoms with van der Waals surface area (Å²) in [7, 11) is 1.91. The third-order valence-corrected chi connectivity index (χ3v) is 2.57. The fraction of sp³-hybridized carbons (Fsp3) is 0.455. The maximum absolute atomic E-state index is 5.13. The van der Waals surface area contributed by atoms with E-state index in [0.29, 0.717) is 0 Å². The van der Waals surface area contributed by atoms with Crippen LogP contribution < -0.4 is 5.32 Å². The van der Waals surface area contributed by atoms with Gasteiger partial charge in [-0.15, -0.1) is 0 Å². The Morgan fingerprint density at radius 2 is 2.25 bits per heavy atom. The van der Waals surface area contributed by atoms with E-state index in [-0.39, 0.29) is 0 Å². The molecular formula is C11H16N4O. The van der Waals surface area contributed by atoms with E-state index in [1.165, 1.54) is 0 Å². The number of nitrogens with zero attached hydrogens (tertiary/aromatic N) is 3. The van der Waals surface area contributed by atoms with Crippen molar-refractivity contribution in [1.82, 2.24) is 20.0 Å². The number of aromatic nitrogens is 3. The highest BCUT2D eigenvalue weighted by molar-refractivity contribution is 5.21. The molecule has 0 spiro atoms. The highest BCUT2D eigenvalue weighted by atomic mass is 16.5. The SMILES string of the molecule is CNCc1cn(Cc2c(C)noc2C)cn1. The minimum atomic E-state index is 0.762. The number of aryl methyl sites for hydroxylation is 2. The molecule has 5 nitrogen and oxygen atoms in total. The van der Waals surface area contributed by atoms with Crippen LogP contribution >= 0.6 is 0 Å². The maximum Gasteiger partial charge on any atom is 0.138 e. The second-order valence-corrected chi connectivity index (χ2v) is 3.87. The van der Waals surface area contributed by atoms with Gasteiger partial charge in [0.2, 0.25) is 0 Å². The molecule has 0 fully saturated rings. The summed E-state index contributed by atoms with van der Waals surface area (Å²) in [6.45, 7) is 5.44. The lowest BCUT2D eigenvalue weighted by Gasteiger charge is -2.00.